The number of fused-ring (bicyclic) bond motifs is 14. The zero-order valence-electron chi connectivity index (χ0n) is 28.7. The van der Waals surface area contributed by atoms with Gasteiger partial charge in [0.25, 0.3) is 0 Å². The Morgan fingerprint density at radius 2 is 1.21 bits per heavy atom. The van der Waals surface area contributed by atoms with Crippen LogP contribution in [-0.2, 0) is 5.41 Å². The smallest absolute Gasteiger partial charge is 0.137 e. The lowest BCUT2D eigenvalue weighted by Crippen LogP contribution is -2.31. The predicted octanol–water partition coefficient (Wildman–Crippen LogP) is 14.2. The van der Waals surface area contributed by atoms with Gasteiger partial charge in [-0.1, -0.05) is 97.4 Å². The van der Waals surface area contributed by atoms with Crippen molar-refractivity contribution in [2.75, 3.05) is 4.90 Å². The third-order valence-electron chi connectivity index (χ3n) is 12.7. The highest BCUT2D eigenvalue weighted by molar-refractivity contribution is 7.25. The molecule has 3 atom stereocenters. The third-order valence-corrected chi connectivity index (χ3v) is 13.9. The van der Waals surface area contributed by atoms with Crippen molar-refractivity contribution in [3.05, 3.63) is 163 Å². The Labute approximate surface area is 306 Å². The molecule has 3 unspecified atom stereocenters. The summed E-state index contributed by atoms with van der Waals surface area (Å²) in [4.78, 5) is 2.38. The van der Waals surface area contributed by atoms with E-state index < -0.39 is 0 Å². The second kappa shape index (κ2) is 10.7. The highest BCUT2D eigenvalue weighted by atomic mass is 32.1. The Hall–Kier alpha value is -5.64. The Morgan fingerprint density at radius 1 is 0.519 bits per heavy atom. The summed E-state index contributed by atoms with van der Waals surface area (Å²) in [5.74, 6) is 1.62. The first kappa shape index (κ1) is 29.0. The first-order valence-electron chi connectivity index (χ1n) is 18.7. The van der Waals surface area contributed by atoms with Crippen LogP contribution in [0.25, 0.3) is 64.4 Å². The molecule has 0 radical (unpaired) electrons. The minimum Gasteiger partial charge on any atom is -0.456 e. The fraction of sp³-hybridized carbons (Fsp3) is 0.143. The van der Waals surface area contributed by atoms with Crippen molar-refractivity contribution < 1.29 is 4.42 Å². The van der Waals surface area contributed by atoms with Gasteiger partial charge in [-0.15, -0.1) is 11.3 Å². The normalized spacial score (nSPS) is 20.1. The fourth-order valence-corrected chi connectivity index (χ4v) is 11.7. The molecule has 1 spiro atoms. The number of furan rings is 1. The molecular formula is C49H35NOS. The Kier molecular flexibility index (Phi) is 5.96. The summed E-state index contributed by atoms with van der Waals surface area (Å²) in [5.41, 5.74) is 14.0. The summed E-state index contributed by atoms with van der Waals surface area (Å²) in [6, 6.07) is 56.4. The molecular weight excluding hydrogens is 651 g/mol. The van der Waals surface area contributed by atoms with Crippen molar-refractivity contribution in [2.45, 2.75) is 31.1 Å². The van der Waals surface area contributed by atoms with Crippen LogP contribution in [0.5, 0.6) is 0 Å². The highest BCUT2D eigenvalue weighted by Gasteiger charge is 2.56. The second-order valence-electron chi connectivity index (χ2n) is 15.3. The maximum atomic E-state index is 6.40. The third kappa shape index (κ3) is 4.00. The van der Waals surface area contributed by atoms with Crippen molar-refractivity contribution in [1.82, 2.24) is 0 Å². The summed E-state index contributed by atoms with van der Waals surface area (Å²) in [6.07, 6.45) is 5.45. The average molecular weight is 686 g/mol. The minimum absolute atomic E-state index is 0.183. The van der Waals surface area contributed by atoms with E-state index in [1.54, 1.807) is 11.1 Å². The van der Waals surface area contributed by atoms with Gasteiger partial charge in [-0.2, -0.15) is 0 Å². The van der Waals surface area contributed by atoms with Crippen LogP contribution < -0.4 is 4.90 Å². The number of nitrogens with zero attached hydrogens (tertiary/aromatic N) is 1. The molecule has 2 bridgehead atoms. The van der Waals surface area contributed by atoms with E-state index in [0.29, 0.717) is 0 Å². The van der Waals surface area contributed by atoms with E-state index in [4.69, 9.17) is 4.42 Å². The van der Waals surface area contributed by atoms with Crippen molar-refractivity contribution >= 4 is 70.5 Å². The van der Waals surface area contributed by atoms with Gasteiger partial charge in [0.05, 0.1) is 0 Å². The summed E-state index contributed by atoms with van der Waals surface area (Å²) in [7, 11) is 0. The van der Waals surface area contributed by atoms with Gasteiger partial charge >= 0.3 is 0 Å². The standard InChI is InChI=1S/C49H35NOS/c1-4-10-43-37(7-1)38-22-16-32(26-44(38)49(43)29-30-13-17-33(49)25-30)31-14-18-34(19-15-31)50(35-20-23-40-39-8-2-5-11-45(39)51-46(40)27-35)36-21-24-42-41-9-3-6-12-47(41)52-48(42)28-36/h1-12,14-16,18-24,26-28,30,33H,13,17,25,29H2. The van der Waals surface area contributed by atoms with Gasteiger partial charge in [-0.3, -0.25) is 0 Å². The van der Waals surface area contributed by atoms with E-state index in [0.717, 1.165) is 50.8 Å². The molecule has 2 aromatic heterocycles. The zero-order valence-corrected chi connectivity index (χ0v) is 29.5. The Morgan fingerprint density at radius 3 is 2.08 bits per heavy atom. The topological polar surface area (TPSA) is 16.4 Å². The number of rotatable bonds is 4. The van der Waals surface area contributed by atoms with Crippen LogP contribution in [0, 0.1) is 11.8 Å². The fourth-order valence-electron chi connectivity index (χ4n) is 10.5. The Balaban J connectivity index is 0.981. The summed E-state index contributed by atoms with van der Waals surface area (Å²) in [6.45, 7) is 0. The van der Waals surface area contributed by atoms with Crippen molar-refractivity contribution in [3.63, 3.8) is 0 Å². The molecule has 12 rings (SSSR count). The minimum atomic E-state index is 0.183. The van der Waals surface area contributed by atoms with Crippen LogP contribution in [0.3, 0.4) is 0 Å². The lowest BCUT2D eigenvalue weighted by molar-refractivity contribution is 0.327. The molecule has 0 aliphatic heterocycles. The van der Waals surface area contributed by atoms with E-state index in [2.05, 4.69) is 150 Å². The number of hydrogen-bond donors (Lipinski definition) is 0. The molecule has 2 nitrogen and oxygen atoms in total. The summed E-state index contributed by atoms with van der Waals surface area (Å²) in [5, 5.41) is 4.91. The maximum Gasteiger partial charge on any atom is 0.137 e. The van der Waals surface area contributed by atoms with Crippen LogP contribution in [0.15, 0.2) is 156 Å². The predicted molar refractivity (Wildman–Crippen MR) is 218 cm³/mol. The van der Waals surface area contributed by atoms with Gasteiger partial charge in [0, 0.05) is 59.5 Å². The molecule has 0 amide bonds. The molecule has 9 aromatic rings. The SMILES string of the molecule is c1ccc2c(c1)-c1ccc(-c3ccc(N(c4ccc5c(c4)oc4ccccc45)c4ccc5c(c4)sc4ccccc45)cc3)cc1C21CC2CCC1C2. The van der Waals surface area contributed by atoms with E-state index in [1.807, 2.05) is 17.4 Å². The number of hydrogen-bond acceptors (Lipinski definition) is 3. The molecule has 3 aliphatic rings. The lowest BCUT2D eigenvalue weighted by Gasteiger charge is -2.36. The lowest BCUT2D eigenvalue weighted by atomic mass is 9.66. The van der Waals surface area contributed by atoms with E-state index in [1.165, 1.54) is 68.1 Å². The number of benzene rings is 7. The largest absolute Gasteiger partial charge is 0.456 e. The first-order chi connectivity index (χ1) is 25.7. The number of anilines is 3. The zero-order chi connectivity index (χ0) is 34.0. The Bertz CT molecular complexity index is 2780. The molecule has 2 saturated carbocycles. The second-order valence-corrected chi connectivity index (χ2v) is 16.4. The van der Waals surface area contributed by atoms with Gasteiger partial charge in [-0.25, -0.2) is 0 Å². The molecule has 2 fully saturated rings. The molecule has 52 heavy (non-hydrogen) atoms. The first-order valence-corrected chi connectivity index (χ1v) is 19.5. The van der Waals surface area contributed by atoms with Gasteiger partial charge in [0.2, 0.25) is 0 Å². The van der Waals surface area contributed by atoms with Gasteiger partial charge in [0.1, 0.15) is 11.2 Å². The van der Waals surface area contributed by atoms with Crippen molar-refractivity contribution in [1.29, 1.82) is 0 Å². The molecule has 3 heteroatoms. The number of para-hydroxylation sites is 1. The molecule has 248 valence electrons. The van der Waals surface area contributed by atoms with Gasteiger partial charge < -0.3 is 9.32 Å². The van der Waals surface area contributed by atoms with Crippen LogP contribution >= 0.6 is 11.3 Å². The van der Waals surface area contributed by atoms with E-state index >= 15 is 0 Å². The van der Waals surface area contributed by atoms with Crippen LogP contribution in [-0.4, -0.2) is 0 Å². The van der Waals surface area contributed by atoms with Crippen LogP contribution in [0.4, 0.5) is 17.1 Å². The van der Waals surface area contributed by atoms with Crippen molar-refractivity contribution in [2.24, 2.45) is 11.8 Å². The molecule has 7 aromatic carbocycles. The molecule has 2 heterocycles. The van der Waals surface area contributed by atoms with Crippen LogP contribution in [0.1, 0.15) is 36.8 Å². The van der Waals surface area contributed by atoms with Crippen LogP contribution in [0.2, 0.25) is 0 Å². The summed E-state index contributed by atoms with van der Waals surface area (Å²) < 4.78 is 9.00. The monoisotopic (exact) mass is 685 g/mol. The number of thiophene rings is 1. The summed E-state index contributed by atoms with van der Waals surface area (Å²) >= 11 is 1.86. The quantitative estimate of drug-likeness (QED) is 0.183. The maximum absolute atomic E-state index is 6.40. The molecule has 0 saturated heterocycles. The van der Waals surface area contributed by atoms with Gasteiger partial charge in [-0.05, 0) is 119 Å². The van der Waals surface area contributed by atoms with Gasteiger partial charge in [0.15, 0.2) is 0 Å². The van der Waals surface area contributed by atoms with E-state index in [9.17, 15) is 0 Å². The molecule has 3 aliphatic carbocycles. The molecule has 0 N–H and O–H groups in total. The highest BCUT2D eigenvalue weighted by Crippen LogP contribution is 2.65. The van der Waals surface area contributed by atoms with Crippen molar-refractivity contribution in [3.8, 4) is 22.3 Å². The van der Waals surface area contributed by atoms with E-state index in [-0.39, 0.29) is 5.41 Å². The average Bonchev–Trinajstić information content (AvgIpc) is 4.02.